The zero-order chi connectivity index (χ0) is 22.2. The van der Waals surface area contributed by atoms with Gasteiger partial charge in [0.1, 0.15) is 42.7 Å². The van der Waals surface area contributed by atoms with E-state index in [4.69, 9.17) is 15.9 Å². The summed E-state index contributed by atoms with van der Waals surface area (Å²) in [6, 6.07) is 0. The fourth-order valence-corrected chi connectivity index (χ4v) is 2.23. The number of nitrogens with two attached hydrogens (primary N) is 1. The normalized spacial score (nSPS) is 21.7. The topological polar surface area (TPSA) is 262 Å². The maximum absolute atomic E-state index is 11.9. The number of aliphatic hydroxyl groups is 10. The molecule has 0 rings (SSSR count). The summed E-state index contributed by atoms with van der Waals surface area (Å²) >= 11 is 0. The van der Waals surface area contributed by atoms with Crippen LogP contribution in [-0.4, -0.2) is 124 Å². The lowest BCUT2D eigenvalue weighted by molar-refractivity contribution is -0.173. The van der Waals surface area contributed by atoms with Gasteiger partial charge in [-0.3, -0.25) is 15.3 Å². The molecule has 0 aromatic carbocycles. The van der Waals surface area contributed by atoms with E-state index in [-0.39, 0.29) is 6.42 Å². The highest BCUT2D eigenvalue weighted by atomic mass is 16.4. The van der Waals surface area contributed by atoms with Gasteiger partial charge < -0.3 is 51.1 Å². The second kappa shape index (κ2) is 11.8. The Bertz CT molecular complexity index is 501. The fourth-order valence-electron chi connectivity index (χ4n) is 2.23. The third kappa shape index (κ3) is 7.06. The standard InChI is InChI=1S/C15H29NO12/c16-15(28,14(27)12(25)8(21)5-18)9(22)3-1-2-6(19)10(23)13(26)11(24)7(20)4-17/h7-8,10-14,17-18,20-21,23-28H,1-5,16H2/t7-,8-,10+,11-,12-,13-,14+,15+/m1/s1. The molecule has 0 aliphatic carbocycles. The Labute approximate surface area is 159 Å². The van der Waals surface area contributed by atoms with E-state index in [1.807, 2.05) is 0 Å². The third-order valence-electron chi connectivity index (χ3n) is 4.21. The number of ketones is 2. The van der Waals surface area contributed by atoms with E-state index in [1.165, 1.54) is 0 Å². The quantitative estimate of drug-likeness (QED) is 0.118. The summed E-state index contributed by atoms with van der Waals surface area (Å²) in [4.78, 5) is 23.7. The van der Waals surface area contributed by atoms with Crippen LogP contribution in [0.5, 0.6) is 0 Å². The molecule has 0 fully saturated rings. The fraction of sp³-hybridized carbons (Fsp3) is 0.867. The summed E-state index contributed by atoms with van der Waals surface area (Å²) in [5, 5.41) is 93.5. The van der Waals surface area contributed by atoms with Crippen molar-refractivity contribution >= 4 is 11.6 Å². The van der Waals surface area contributed by atoms with Crippen molar-refractivity contribution in [1.29, 1.82) is 0 Å². The second-order valence-corrected chi connectivity index (χ2v) is 6.43. The molecule has 0 unspecified atom stereocenters. The molecule has 0 radical (unpaired) electrons. The van der Waals surface area contributed by atoms with Crippen LogP contribution in [0.2, 0.25) is 0 Å². The van der Waals surface area contributed by atoms with Crippen molar-refractivity contribution in [3.8, 4) is 0 Å². The lowest BCUT2D eigenvalue weighted by atomic mass is 9.91. The van der Waals surface area contributed by atoms with Gasteiger partial charge in [-0.2, -0.15) is 0 Å². The summed E-state index contributed by atoms with van der Waals surface area (Å²) in [7, 11) is 0. The molecule has 0 aromatic rings. The Balaban J connectivity index is 4.69. The van der Waals surface area contributed by atoms with Gasteiger partial charge in [0.2, 0.25) is 5.72 Å². The lowest BCUT2D eigenvalue weighted by Crippen LogP contribution is -2.63. The number of hydrogen-bond donors (Lipinski definition) is 11. The maximum Gasteiger partial charge on any atom is 0.202 e. The molecular formula is C15H29NO12. The van der Waals surface area contributed by atoms with Crippen molar-refractivity contribution in [2.75, 3.05) is 13.2 Å². The van der Waals surface area contributed by atoms with Crippen LogP contribution in [0.3, 0.4) is 0 Å². The first kappa shape index (κ1) is 26.9. The first-order chi connectivity index (χ1) is 12.8. The molecule has 12 N–H and O–H groups in total. The summed E-state index contributed by atoms with van der Waals surface area (Å²) < 4.78 is 0. The summed E-state index contributed by atoms with van der Waals surface area (Å²) in [5.74, 6) is -2.25. The highest BCUT2D eigenvalue weighted by Crippen LogP contribution is 2.16. The molecule has 13 heteroatoms. The Hall–Kier alpha value is -1.10. The van der Waals surface area contributed by atoms with E-state index in [9.17, 15) is 50.4 Å². The number of rotatable bonds is 14. The predicted molar refractivity (Wildman–Crippen MR) is 89.2 cm³/mol. The number of hydrogen-bond acceptors (Lipinski definition) is 13. The van der Waals surface area contributed by atoms with Crippen LogP contribution in [0, 0.1) is 0 Å². The molecule has 0 amide bonds. The lowest BCUT2D eigenvalue weighted by Gasteiger charge is -2.32. The van der Waals surface area contributed by atoms with Crippen LogP contribution in [0.15, 0.2) is 0 Å². The monoisotopic (exact) mass is 415 g/mol. The average molecular weight is 415 g/mol. The zero-order valence-electron chi connectivity index (χ0n) is 14.9. The molecule has 166 valence electrons. The Morgan fingerprint density at radius 3 is 1.71 bits per heavy atom. The molecular weight excluding hydrogens is 386 g/mol. The van der Waals surface area contributed by atoms with Gasteiger partial charge in [0, 0.05) is 12.8 Å². The number of carbonyl (C=O) groups excluding carboxylic acids is 2. The van der Waals surface area contributed by atoms with Gasteiger partial charge in [-0.05, 0) is 6.42 Å². The highest BCUT2D eigenvalue weighted by Gasteiger charge is 2.44. The number of Topliss-reactive ketones (excluding diaryl/α,β-unsaturated/α-hetero) is 2. The number of aliphatic hydroxyl groups excluding tert-OH is 9. The third-order valence-corrected chi connectivity index (χ3v) is 4.21. The molecule has 0 aliphatic rings. The van der Waals surface area contributed by atoms with Gasteiger partial charge >= 0.3 is 0 Å². The first-order valence-electron chi connectivity index (χ1n) is 8.38. The first-order valence-corrected chi connectivity index (χ1v) is 8.38. The van der Waals surface area contributed by atoms with Crippen molar-refractivity contribution in [2.24, 2.45) is 5.73 Å². The van der Waals surface area contributed by atoms with Gasteiger partial charge in [-0.1, -0.05) is 0 Å². The van der Waals surface area contributed by atoms with Crippen LogP contribution in [0.25, 0.3) is 0 Å². The number of carbonyl (C=O) groups is 2. The molecule has 8 atom stereocenters. The van der Waals surface area contributed by atoms with Crippen molar-refractivity contribution in [3.05, 3.63) is 0 Å². The van der Waals surface area contributed by atoms with E-state index in [0.717, 1.165) is 0 Å². The summed E-state index contributed by atoms with van der Waals surface area (Å²) in [5.41, 5.74) is 2.25. The van der Waals surface area contributed by atoms with Crippen molar-refractivity contribution in [2.45, 2.75) is 67.7 Å². The molecule has 13 nitrogen and oxygen atoms in total. The molecule has 0 saturated carbocycles. The zero-order valence-corrected chi connectivity index (χ0v) is 14.9. The van der Waals surface area contributed by atoms with Gasteiger partial charge in [-0.15, -0.1) is 0 Å². The van der Waals surface area contributed by atoms with Gasteiger partial charge in [0.05, 0.1) is 13.2 Å². The Morgan fingerprint density at radius 1 is 0.786 bits per heavy atom. The minimum absolute atomic E-state index is 0.315. The SMILES string of the molecule is N[C@](O)(C(=O)CCCC(=O)[C@H](O)[C@@H](O)[C@H](O)[C@H](O)CO)[C@@H](O)[C@H](O)[C@H](O)CO. The average Bonchev–Trinajstić information content (AvgIpc) is 2.68. The Morgan fingerprint density at radius 2 is 1.25 bits per heavy atom. The van der Waals surface area contributed by atoms with Crippen LogP contribution in [0.1, 0.15) is 19.3 Å². The highest BCUT2D eigenvalue weighted by molar-refractivity contribution is 5.88. The van der Waals surface area contributed by atoms with E-state index in [1.54, 1.807) is 0 Å². The van der Waals surface area contributed by atoms with E-state index in [2.05, 4.69) is 0 Å². The predicted octanol–water partition coefficient (Wildman–Crippen LogP) is -6.55. The minimum Gasteiger partial charge on any atom is -0.394 e. The van der Waals surface area contributed by atoms with E-state index >= 15 is 0 Å². The molecule has 0 saturated heterocycles. The minimum atomic E-state index is -3.00. The van der Waals surface area contributed by atoms with Gasteiger partial charge in [0.15, 0.2) is 11.6 Å². The van der Waals surface area contributed by atoms with Crippen LogP contribution >= 0.6 is 0 Å². The van der Waals surface area contributed by atoms with E-state index in [0.29, 0.717) is 0 Å². The smallest absolute Gasteiger partial charge is 0.202 e. The molecule has 0 heterocycles. The molecule has 0 spiro atoms. The molecule has 28 heavy (non-hydrogen) atoms. The van der Waals surface area contributed by atoms with Crippen LogP contribution in [0.4, 0.5) is 0 Å². The second-order valence-electron chi connectivity index (χ2n) is 6.43. The molecule has 0 bridgehead atoms. The summed E-state index contributed by atoms with van der Waals surface area (Å²) in [6.07, 6.45) is -15.8. The largest absolute Gasteiger partial charge is 0.394 e. The maximum atomic E-state index is 11.9. The van der Waals surface area contributed by atoms with E-state index < -0.39 is 86.1 Å². The molecule has 0 aromatic heterocycles. The van der Waals surface area contributed by atoms with Crippen LogP contribution < -0.4 is 5.73 Å². The van der Waals surface area contributed by atoms with Crippen molar-refractivity contribution in [3.63, 3.8) is 0 Å². The van der Waals surface area contributed by atoms with Gasteiger partial charge in [-0.25, -0.2) is 0 Å². The Kier molecular flexibility index (Phi) is 11.3. The van der Waals surface area contributed by atoms with Gasteiger partial charge in [0.25, 0.3) is 0 Å². The van der Waals surface area contributed by atoms with Crippen molar-refractivity contribution in [1.82, 2.24) is 0 Å². The summed E-state index contributed by atoms with van der Waals surface area (Å²) in [6.45, 7) is -1.91. The molecule has 0 aliphatic heterocycles. The van der Waals surface area contributed by atoms with Crippen molar-refractivity contribution < 1.29 is 60.7 Å². The van der Waals surface area contributed by atoms with Crippen LogP contribution in [-0.2, 0) is 9.59 Å².